The lowest BCUT2D eigenvalue weighted by Gasteiger charge is -2.15. The fourth-order valence-corrected chi connectivity index (χ4v) is 2.53. The Morgan fingerprint density at radius 2 is 2.05 bits per heavy atom. The third-order valence-electron chi connectivity index (χ3n) is 2.84. The number of hydrogen-bond donors (Lipinski definition) is 2. The lowest BCUT2D eigenvalue weighted by molar-refractivity contribution is -0.122. The SMILES string of the molecule is CCNC(=O)COc1cccc(C(C)NS(=O)(=O)CC)c1. The van der Waals surface area contributed by atoms with Crippen LogP contribution in [0.1, 0.15) is 32.4 Å². The molecule has 0 saturated heterocycles. The van der Waals surface area contributed by atoms with Crippen molar-refractivity contribution in [2.45, 2.75) is 26.8 Å². The summed E-state index contributed by atoms with van der Waals surface area (Å²) >= 11 is 0. The summed E-state index contributed by atoms with van der Waals surface area (Å²) in [6.45, 7) is 5.67. The maximum Gasteiger partial charge on any atom is 0.257 e. The van der Waals surface area contributed by atoms with Crippen molar-refractivity contribution in [1.82, 2.24) is 10.0 Å². The van der Waals surface area contributed by atoms with Gasteiger partial charge in [-0.05, 0) is 38.5 Å². The molecule has 0 aromatic heterocycles. The molecule has 1 amide bonds. The fourth-order valence-electron chi connectivity index (χ4n) is 1.69. The van der Waals surface area contributed by atoms with E-state index in [2.05, 4.69) is 10.0 Å². The summed E-state index contributed by atoms with van der Waals surface area (Å²) in [6, 6.07) is 6.66. The molecule has 6 nitrogen and oxygen atoms in total. The van der Waals surface area contributed by atoms with E-state index < -0.39 is 10.0 Å². The summed E-state index contributed by atoms with van der Waals surface area (Å²) in [6.07, 6.45) is 0. The number of sulfonamides is 1. The molecular formula is C14H22N2O4S. The van der Waals surface area contributed by atoms with E-state index in [4.69, 9.17) is 4.74 Å². The van der Waals surface area contributed by atoms with Gasteiger partial charge >= 0.3 is 0 Å². The van der Waals surface area contributed by atoms with E-state index in [1.54, 1.807) is 32.0 Å². The first-order valence-electron chi connectivity index (χ1n) is 6.87. The molecule has 1 unspecified atom stereocenters. The standard InChI is InChI=1S/C14H22N2O4S/c1-4-15-14(17)10-20-13-8-6-7-12(9-13)11(3)16-21(18,19)5-2/h6-9,11,16H,4-5,10H2,1-3H3,(H,15,17). The second-order valence-electron chi connectivity index (χ2n) is 4.56. The van der Waals surface area contributed by atoms with Crippen LogP contribution in [0.2, 0.25) is 0 Å². The number of rotatable bonds is 8. The second kappa shape index (κ2) is 7.99. The van der Waals surface area contributed by atoms with E-state index in [9.17, 15) is 13.2 Å². The van der Waals surface area contributed by atoms with E-state index in [-0.39, 0.29) is 24.3 Å². The summed E-state index contributed by atoms with van der Waals surface area (Å²) in [5.74, 6) is 0.369. The smallest absolute Gasteiger partial charge is 0.257 e. The van der Waals surface area contributed by atoms with Crippen molar-refractivity contribution in [3.8, 4) is 5.75 Å². The summed E-state index contributed by atoms with van der Waals surface area (Å²) in [5.41, 5.74) is 0.778. The van der Waals surface area contributed by atoms with Gasteiger partial charge in [-0.3, -0.25) is 4.79 Å². The van der Waals surface area contributed by atoms with Gasteiger partial charge in [0.05, 0.1) is 5.75 Å². The van der Waals surface area contributed by atoms with Gasteiger partial charge in [0.2, 0.25) is 10.0 Å². The zero-order valence-corrected chi connectivity index (χ0v) is 13.4. The molecule has 118 valence electrons. The molecule has 21 heavy (non-hydrogen) atoms. The van der Waals surface area contributed by atoms with Gasteiger partial charge in [-0.2, -0.15) is 0 Å². The molecule has 0 fully saturated rings. The van der Waals surface area contributed by atoms with Gasteiger partial charge in [-0.1, -0.05) is 12.1 Å². The van der Waals surface area contributed by atoms with Crippen molar-refractivity contribution in [2.75, 3.05) is 18.9 Å². The molecule has 0 saturated carbocycles. The number of hydrogen-bond acceptors (Lipinski definition) is 4. The number of amides is 1. The normalized spacial score (nSPS) is 12.7. The van der Waals surface area contributed by atoms with Crippen LogP contribution >= 0.6 is 0 Å². The van der Waals surface area contributed by atoms with Gasteiger partial charge in [-0.25, -0.2) is 13.1 Å². The lowest BCUT2D eigenvalue weighted by Crippen LogP contribution is -2.29. The molecule has 1 aromatic rings. The number of carbonyl (C=O) groups is 1. The Kier molecular flexibility index (Phi) is 6.64. The van der Waals surface area contributed by atoms with E-state index in [1.165, 1.54) is 0 Å². The molecule has 2 N–H and O–H groups in total. The highest BCUT2D eigenvalue weighted by atomic mass is 32.2. The molecule has 0 aliphatic heterocycles. The topological polar surface area (TPSA) is 84.5 Å². The van der Waals surface area contributed by atoms with Crippen LogP contribution < -0.4 is 14.8 Å². The van der Waals surface area contributed by atoms with Crippen LogP contribution in [-0.4, -0.2) is 33.2 Å². The third kappa shape index (κ3) is 6.14. The van der Waals surface area contributed by atoms with Crippen molar-refractivity contribution in [3.63, 3.8) is 0 Å². The molecule has 0 spiro atoms. The lowest BCUT2D eigenvalue weighted by atomic mass is 10.1. The average molecular weight is 314 g/mol. The highest BCUT2D eigenvalue weighted by Gasteiger charge is 2.14. The largest absolute Gasteiger partial charge is 0.484 e. The van der Waals surface area contributed by atoms with Gasteiger partial charge in [-0.15, -0.1) is 0 Å². The number of carbonyl (C=O) groups excluding carboxylic acids is 1. The first-order chi connectivity index (χ1) is 9.88. The number of nitrogens with one attached hydrogen (secondary N) is 2. The van der Waals surface area contributed by atoms with Crippen molar-refractivity contribution in [1.29, 1.82) is 0 Å². The van der Waals surface area contributed by atoms with Gasteiger partial charge in [0.25, 0.3) is 5.91 Å². The molecular weight excluding hydrogens is 292 g/mol. The van der Waals surface area contributed by atoms with Crippen molar-refractivity contribution in [3.05, 3.63) is 29.8 Å². The first-order valence-corrected chi connectivity index (χ1v) is 8.52. The quantitative estimate of drug-likeness (QED) is 0.755. The Morgan fingerprint density at radius 3 is 2.67 bits per heavy atom. The van der Waals surface area contributed by atoms with E-state index in [1.807, 2.05) is 13.0 Å². The zero-order chi connectivity index (χ0) is 15.9. The molecule has 7 heteroatoms. The predicted octanol–water partition coefficient (Wildman–Crippen LogP) is 1.20. The number of ether oxygens (including phenoxy) is 1. The molecule has 0 aliphatic carbocycles. The molecule has 0 radical (unpaired) electrons. The predicted molar refractivity (Wildman–Crippen MR) is 81.6 cm³/mol. The van der Waals surface area contributed by atoms with Gasteiger partial charge in [0.15, 0.2) is 6.61 Å². The van der Waals surface area contributed by atoms with Crippen LogP contribution in [0.15, 0.2) is 24.3 Å². The molecule has 0 aliphatic rings. The third-order valence-corrected chi connectivity index (χ3v) is 4.31. The maximum absolute atomic E-state index is 11.6. The Balaban J connectivity index is 2.69. The molecule has 1 rings (SSSR count). The minimum absolute atomic E-state index is 0.0325. The number of benzene rings is 1. The number of likely N-dealkylation sites (N-methyl/N-ethyl adjacent to an activating group) is 1. The summed E-state index contributed by atoms with van der Waals surface area (Å²) < 4.78 is 31.1. The van der Waals surface area contributed by atoms with Crippen LogP contribution in [0.25, 0.3) is 0 Å². The first kappa shape index (κ1) is 17.5. The monoisotopic (exact) mass is 314 g/mol. The minimum atomic E-state index is -3.27. The molecule has 0 bridgehead atoms. The van der Waals surface area contributed by atoms with E-state index in [0.29, 0.717) is 12.3 Å². The van der Waals surface area contributed by atoms with Crippen LogP contribution in [0, 0.1) is 0 Å². The highest BCUT2D eigenvalue weighted by Crippen LogP contribution is 2.19. The maximum atomic E-state index is 11.6. The molecule has 1 atom stereocenters. The van der Waals surface area contributed by atoms with Gasteiger partial charge in [0.1, 0.15) is 5.75 Å². The summed E-state index contributed by atoms with van der Waals surface area (Å²) in [7, 11) is -3.27. The van der Waals surface area contributed by atoms with Crippen LogP contribution in [0.3, 0.4) is 0 Å². The van der Waals surface area contributed by atoms with Crippen LogP contribution in [0.4, 0.5) is 0 Å². The minimum Gasteiger partial charge on any atom is -0.484 e. The van der Waals surface area contributed by atoms with Crippen molar-refractivity contribution >= 4 is 15.9 Å². The van der Waals surface area contributed by atoms with Crippen molar-refractivity contribution < 1.29 is 17.9 Å². The Morgan fingerprint density at radius 1 is 1.33 bits per heavy atom. The summed E-state index contributed by atoms with van der Waals surface area (Å²) in [5, 5.41) is 2.64. The van der Waals surface area contributed by atoms with E-state index in [0.717, 1.165) is 5.56 Å². The van der Waals surface area contributed by atoms with Crippen molar-refractivity contribution in [2.24, 2.45) is 0 Å². The Bertz CT molecular complexity index is 572. The summed E-state index contributed by atoms with van der Waals surface area (Å²) in [4.78, 5) is 11.3. The van der Waals surface area contributed by atoms with Crippen LogP contribution in [-0.2, 0) is 14.8 Å². The Hall–Kier alpha value is -1.60. The second-order valence-corrected chi connectivity index (χ2v) is 6.60. The zero-order valence-electron chi connectivity index (χ0n) is 12.5. The fraction of sp³-hybridized carbons (Fsp3) is 0.500. The molecule has 0 heterocycles. The Labute approximate surface area is 125 Å². The van der Waals surface area contributed by atoms with Crippen LogP contribution in [0.5, 0.6) is 5.75 Å². The highest BCUT2D eigenvalue weighted by molar-refractivity contribution is 7.89. The average Bonchev–Trinajstić information content (AvgIpc) is 2.45. The van der Waals surface area contributed by atoms with Gasteiger partial charge in [0, 0.05) is 12.6 Å². The molecule has 1 aromatic carbocycles. The van der Waals surface area contributed by atoms with Gasteiger partial charge < -0.3 is 10.1 Å². The van der Waals surface area contributed by atoms with E-state index >= 15 is 0 Å².